The van der Waals surface area contributed by atoms with Crippen LogP contribution < -0.4 is 29.1 Å². The summed E-state index contributed by atoms with van der Waals surface area (Å²) < 4.78 is 13.4. The van der Waals surface area contributed by atoms with E-state index in [1.54, 1.807) is 0 Å². The SMILES string of the molecule is Cc1ccc(N(c2ccc(C)cc2)c2ccc(OCC(O)CSCC(O)COc3ccc(N(c4ccc(C)cc4)c4ccc(C)cc4)cc3N(c3ccc(C)cc3)c3ccc(C)cc3)c(N(c3ccc(C)cc3)c3ccc(C)cc3)c2)cc1. The first kappa shape index (κ1) is 57.5. The summed E-state index contributed by atoms with van der Waals surface area (Å²) in [5.74, 6) is 1.91. The van der Waals surface area contributed by atoms with Crippen LogP contribution >= 0.6 is 11.8 Å². The number of aryl methyl sites for hydroxylation is 8. The second-order valence-electron chi connectivity index (χ2n) is 21.8. The van der Waals surface area contributed by atoms with Crippen LogP contribution in [0.5, 0.6) is 11.5 Å². The van der Waals surface area contributed by atoms with Gasteiger partial charge in [-0.05, 0) is 189 Å². The van der Waals surface area contributed by atoms with Crippen LogP contribution in [0.25, 0.3) is 0 Å². The van der Waals surface area contributed by atoms with Crippen LogP contribution in [0.4, 0.5) is 68.2 Å². The first-order chi connectivity index (χ1) is 40.2. The zero-order valence-electron chi connectivity index (χ0n) is 48.8. The zero-order chi connectivity index (χ0) is 58.0. The Balaban J connectivity index is 0.903. The molecule has 420 valence electrons. The van der Waals surface area contributed by atoms with E-state index in [-0.39, 0.29) is 13.2 Å². The van der Waals surface area contributed by atoms with Crippen LogP contribution in [-0.2, 0) is 0 Å². The monoisotopic (exact) mass is 1110 g/mol. The predicted octanol–water partition coefficient (Wildman–Crippen LogP) is 18.9. The first-order valence-electron chi connectivity index (χ1n) is 28.4. The fourth-order valence-corrected chi connectivity index (χ4v) is 10.9. The number of aliphatic hydroxyl groups is 2. The van der Waals surface area contributed by atoms with E-state index in [9.17, 15) is 10.2 Å². The minimum absolute atomic E-state index is 0.0347. The molecular formula is C74H74N4O4S. The van der Waals surface area contributed by atoms with Crippen molar-refractivity contribution in [2.45, 2.75) is 67.6 Å². The van der Waals surface area contributed by atoms with E-state index < -0.39 is 12.2 Å². The summed E-state index contributed by atoms with van der Waals surface area (Å²) >= 11 is 1.47. The molecule has 9 heteroatoms. The lowest BCUT2D eigenvalue weighted by Gasteiger charge is -2.31. The average molecular weight is 1120 g/mol. The maximum Gasteiger partial charge on any atom is 0.143 e. The van der Waals surface area contributed by atoms with Crippen LogP contribution in [0.15, 0.2) is 231 Å². The van der Waals surface area contributed by atoms with Crippen molar-refractivity contribution in [3.05, 3.63) is 275 Å². The van der Waals surface area contributed by atoms with E-state index in [1.165, 1.54) is 34.0 Å². The zero-order valence-corrected chi connectivity index (χ0v) is 49.6. The van der Waals surface area contributed by atoms with Gasteiger partial charge in [0.2, 0.25) is 0 Å². The molecule has 0 amide bonds. The Morgan fingerprint density at radius 3 is 0.687 bits per heavy atom. The summed E-state index contributed by atoms with van der Waals surface area (Å²) in [6.45, 7) is 16.9. The van der Waals surface area contributed by atoms with Gasteiger partial charge < -0.3 is 39.3 Å². The Hall–Kier alpha value is -8.73. The number of rotatable bonds is 22. The lowest BCUT2D eigenvalue weighted by molar-refractivity contribution is 0.122. The lowest BCUT2D eigenvalue weighted by Crippen LogP contribution is -2.25. The average Bonchev–Trinajstić information content (AvgIpc) is 3.66. The summed E-state index contributed by atoms with van der Waals surface area (Å²) in [6.07, 6.45) is -1.68. The molecule has 0 heterocycles. The van der Waals surface area contributed by atoms with Crippen molar-refractivity contribution in [1.29, 1.82) is 0 Å². The maximum atomic E-state index is 11.7. The summed E-state index contributed by atoms with van der Waals surface area (Å²) in [5, 5.41) is 23.3. The number of aliphatic hydroxyl groups excluding tert-OH is 2. The predicted molar refractivity (Wildman–Crippen MR) is 350 cm³/mol. The molecule has 8 nitrogen and oxygen atoms in total. The van der Waals surface area contributed by atoms with E-state index in [2.05, 4.69) is 293 Å². The molecule has 10 rings (SSSR count). The van der Waals surface area contributed by atoms with Crippen molar-refractivity contribution < 1.29 is 19.7 Å². The Labute approximate surface area is 495 Å². The summed E-state index contributed by atoms with van der Waals surface area (Å²) in [4.78, 5) is 8.98. The molecule has 0 aliphatic heterocycles. The minimum Gasteiger partial charge on any atom is -0.489 e. The number of anilines is 12. The van der Waals surface area contributed by atoms with E-state index in [0.29, 0.717) is 23.0 Å². The highest BCUT2D eigenvalue weighted by atomic mass is 32.2. The third kappa shape index (κ3) is 14.3. The normalized spacial score (nSPS) is 11.9. The quantitative estimate of drug-likeness (QED) is 0.0690. The molecule has 0 saturated carbocycles. The highest BCUT2D eigenvalue weighted by Gasteiger charge is 2.25. The minimum atomic E-state index is -0.841. The number of nitrogens with zero attached hydrogens (tertiary/aromatic N) is 4. The highest BCUT2D eigenvalue weighted by molar-refractivity contribution is 7.99. The molecular weight excluding hydrogens is 1040 g/mol. The molecule has 10 aromatic carbocycles. The fourth-order valence-electron chi connectivity index (χ4n) is 9.99. The Bertz CT molecular complexity index is 3280. The summed E-state index contributed by atoms with van der Waals surface area (Å²) in [7, 11) is 0. The topological polar surface area (TPSA) is 71.9 Å². The lowest BCUT2D eigenvalue weighted by atomic mass is 10.1. The first-order valence-corrected chi connectivity index (χ1v) is 29.6. The molecule has 0 saturated heterocycles. The molecule has 0 aliphatic carbocycles. The van der Waals surface area contributed by atoms with Crippen molar-refractivity contribution in [3.8, 4) is 11.5 Å². The van der Waals surface area contributed by atoms with Gasteiger partial charge in [0.05, 0.1) is 23.6 Å². The second kappa shape index (κ2) is 26.5. The van der Waals surface area contributed by atoms with Crippen LogP contribution in [0.3, 0.4) is 0 Å². The summed E-state index contributed by atoms with van der Waals surface area (Å²) in [5.41, 5.74) is 20.9. The van der Waals surface area contributed by atoms with Gasteiger partial charge in [-0.15, -0.1) is 0 Å². The van der Waals surface area contributed by atoms with Crippen molar-refractivity contribution in [2.75, 3.05) is 44.3 Å². The Kier molecular flexibility index (Phi) is 18.3. The molecule has 0 aromatic heterocycles. The van der Waals surface area contributed by atoms with E-state index >= 15 is 0 Å². The number of hydrogen-bond donors (Lipinski definition) is 2. The molecule has 2 N–H and O–H groups in total. The Morgan fingerprint density at radius 2 is 0.470 bits per heavy atom. The Morgan fingerprint density at radius 1 is 0.277 bits per heavy atom. The molecule has 0 radical (unpaired) electrons. The van der Waals surface area contributed by atoms with Gasteiger partial charge in [0.1, 0.15) is 24.7 Å². The van der Waals surface area contributed by atoms with Gasteiger partial charge in [-0.2, -0.15) is 11.8 Å². The smallest absolute Gasteiger partial charge is 0.143 e. The van der Waals surface area contributed by atoms with Crippen LogP contribution in [0.1, 0.15) is 44.5 Å². The van der Waals surface area contributed by atoms with E-state index in [4.69, 9.17) is 9.47 Å². The third-order valence-electron chi connectivity index (χ3n) is 14.7. The van der Waals surface area contributed by atoms with Crippen LogP contribution in [0.2, 0.25) is 0 Å². The third-order valence-corrected chi connectivity index (χ3v) is 15.9. The van der Waals surface area contributed by atoms with Crippen molar-refractivity contribution >= 4 is 80.0 Å². The van der Waals surface area contributed by atoms with Crippen molar-refractivity contribution in [1.82, 2.24) is 0 Å². The molecule has 0 aliphatic rings. The van der Waals surface area contributed by atoms with Gasteiger partial charge in [0.15, 0.2) is 0 Å². The van der Waals surface area contributed by atoms with Gasteiger partial charge in [-0.1, -0.05) is 142 Å². The van der Waals surface area contributed by atoms with Crippen molar-refractivity contribution in [2.24, 2.45) is 0 Å². The fraction of sp³-hybridized carbons (Fsp3) is 0.189. The number of ether oxygens (including phenoxy) is 2. The molecule has 0 spiro atoms. The van der Waals surface area contributed by atoms with Gasteiger partial charge in [-0.3, -0.25) is 0 Å². The van der Waals surface area contributed by atoms with Crippen molar-refractivity contribution in [3.63, 3.8) is 0 Å². The van der Waals surface area contributed by atoms with Gasteiger partial charge in [0.25, 0.3) is 0 Å². The largest absolute Gasteiger partial charge is 0.489 e. The molecule has 2 unspecified atom stereocenters. The number of benzene rings is 10. The molecule has 2 atom stereocenters. The van der Waals surface area contributed by atoms with E-state index in [0.717, 1.165) is 90.5 Å². The second-order valence-corrected chi connectivity index (χ2v) is 22.9. The maximum absolute atomic E-state index is 11.7. The molecule has 0 fully saturated rings. The molecule has 10 aromatic rings. The molecule has 0 bridgehead atoms. The highest BCUT2D eigenvalue weighted by Crippen LogP contribution is 2.47. The molecule has 83 heavy (non-hydrogen) atoms. The number of thioether (sulfide) groups is 1. The van der Waals surface area contributed by atoms with Crippen LogP contribution in [-0.4, -0.2) is 47.1 Å². The van der Waals surface area contributed by atoms with Gasteiger partial charge >= 0.3 is 0 Å². The standard InChI is InChI=1S/C74H74N4O4S/c1-51-9-25-59(26-10-51)75(60-27-11-52(2)12-28-60)67-41-43-73(71(45-67)77(63-33-17-55(5)18-34-63)64-35-19-56(6)20-36-64)81-47-69(79)49-83-50-70(80)48-82-74-44-42-68(76(61-29-13-53(3)14-30-61)62-31-15-54(4)16-32-62)46-72(74)78(65-37-21-57(7)22-38-65)66-39-23-58(8)24-40-66/h9-46,69-70,79-80H,47-50H2,1-8H3. The number of hydrogen-bond acceptors (Lipinski definition) is 9. The van der Waals surface area contributed by atoms with Crippen LogP contribution in [0, 0.1) is 55.4 Å². The van der Waals surface area contributed by atoms with Gasteiger partial charge in [0, 0.05) is 68.4 Å². The summed E-state index contributed by atoms with van der Waals surface area (Å²) in [6, 6.07) is 81.0. The van der Waals surface area contributed by atoms with E-state index in [1.807, 2.05) is 12.1 Å². The van der Waals surface area contributed by atoms with Gasteiger partial charge in [-0.25, -0.2) is 0 Å².